The van der Waals surface area contributed by atoms with E-state index in [1.54, 1.807) is 36.1 Å². The minimum Gasteiger partial charge on any atom is -0.497 e. The van der Waals surface area contributed by atoms with Crippen LogP contribution in [0.5, 0.6) is 5.75 Å². The van der Waals surface area contributed by atoms with Crippen molar-refractivity contribution in [3.8, 4) is 5.75 Å². The van der Waals surface area contributed by atoms with Gasteiger partial charge in [0.2, 0.25) is 21.8 Å². The molecule has 38 heavy (non-hydrogen) atoms. The van der Waals surface area contributed by atoms with Crippen LogP contribution >= 0.6 is 0 Å². The molecule has 1 fully saturated rings. The Morgan fingerprint density at radius 2 is 1.74 bits per heavy atom. The Kier molecular flexibility index (Phi) is 11.0. The number of hydrogen-bond acceptors (Lipinski definition) is 5. The number of rotatable bonds is 13. The van der Waals surface area contributed by atoms with Crippen molar-refractivity contribution in [2.24, 2.45) is 0 Å². The number of sulfonamides is 1. The highest BCUT2D eigenvalue weighted by molar-refractivity contribution is 7.92. The van der Waals surface area contributed by atoms with Gasteiger partial charge in [-0.25, -0.2) is 8.42 Å². The van der Waals surface area contributed by atoms with E-state index < -0.39 is 16.1 Å². The maximum absolute atomic E-state index is 13.4. The standard InChI is InChI=1S/C29H41N3O5S/c1-23(29(34)30-25-14-8-5-9-15-25)31(21-19-24-12-6-4-7-13-24)28(33)18-11-20-32(38(3,35)36)26-16-10-17-27(22-26)37-2/h4,6-7,10,12-13,16-17,22-23,25H,5,8-9,11,14-15,18-21H2,1-3H3,(H,30,34)/t23-/m1/s1. The molecule has 0 spiro atoms. The van der Waals surface area contributed by atoms with Crippen LogP contribution in [0.2, 0.25) is 0 Å². The lowest BCUT2D eigenvalue weighted by Gasteiger charge is -2.31. The molecule has 0 radical (unpaired) electrons. The summed E-state index contributed by atoms with van der Waals surface area (Å²) in [5, 5.41) is 3.15. The zero-order valence-electron chi connectivity index (χ0n) is 22.8. The number of carbonyl (C=O) groups is 2. The molecule has 1 atom stereocenters. The number of nitrogens with zero attached hydrogens (tertiary/aromatic N) is 2. The fraction of sp³-hybridized carbons (Fsp3) is 0.517. The van der Waals surface area contributed by atoms with Gasteiger partial charge in [0.05, 0.1) is 19.1 Å². The molecule has 1 aliphatic rings. The molecule has 0 aromatic heterocycles. The summed E-state index contributed by atoms with van der Waals surface area (Å²) in [6, 6.07) is 16.3. The van der Waals surface area contributed by atoms with Crippen molar-refractivity contribution >= 4 is 27.5 Å². The quantitative estimate of drug-likeness (QED) is 0.410. The topological polar surface area (TPSA) is 96.0 Å². The van der Waals surface area contributed by atoms with Crippen LogP contribution in [0.1, 0.15) is 57.4 Å². The molecule has 1 saturated carbocycles. The number of nitrogens with one attached hydrogen (secondary N) is 1. The van der Waals surface area contributed by atoms with Crippen LogP contribution in [0.4, 0.5) is 5.69 Å². The van der Waals surface area contributed by atoms with Crippen molar-refractivity contribution in [1.82, 2.24) is 10.2 Å². The molecule has 1 aliphatic carbocycles. The van der Waals surface area contributed by atoms with Crippen LogP contribution in [-0.2, 0) is 26.0 Å². The van der Waals surface area contributed by atoms with Crippen LogP contribution in [0, 0.1) is 0 Å². The number of amides is 2. The van der Waals surface area contributed by atoms with Gasteiger partial charge in [0.15, 0.2) is 0 Å². The monoisotopic (exact) mass is 543 g/mol. The average molecular weight is 544 g/mol. The van der Waals surface area contributed by atoms with Crippen molar-refractivity contribution < 1.29 is 22.7 Å². The van der Waals surface area contributed by atoms with Crippen LogP contribution in [-0.4, -0.2) is 63.7 Å². The van der Waals surface area contributed by atoms with Gasteiger partial charge in [0.25, 0.3) is 0 Å². The van der Waals surface area contributed by atoms with Gasteiger partial charge in [-0.1, -0.05) is 55.7 Å². The van der Waals surface area contributed by atoms with Crippen LogP contribution < -0.4 is 14.4 Å². The van der Waals surface area contributed by atoms with E-state index in [1.165, 1.54) is 17.8 Å². The molecule has 2 aromatic rings. The lowest BCUT2D eigenvalue weighted by Crippen LogP contribution is -2.51. The van der Waals surface area contributed by atoms with Gasteiger partial charge in [0.1, 0.15) is 11.8 Å². The number of anilines is 1. The Balaban J connectivity index is 1.68. The van der Waals surface area contributed by atoms with E-state index in [9.17, 15) is 18.0 Å². The van der Waals surface area contributed by atoms with Crippen molar-refractivity contribution in [3.05, 3.63) is 60.2 Å². The van der Waals surface area contributed by atoms with E-state index >= 15 is 0 Å². The number of benzene rings is 2. The van der Waals surface area contributed by atoms with E-state index in [0.717, 1.165) is 37.5 Å². The molecule has 8 nitrogen and oxygen atoms in total. The molecule has 2 amide bonds. The molecule has 0 unspecified atom stereocenters. The summed E-state index contributed by atoms with van der Waals surface area (Å²) in [7, 11) is -2.04. The van der Waals surface area contributed by atoms with Crippen molar-refractivity contribution in [1.29, 1.82) is 0 Å². The van der Waals surface area contributed by atoms with Gasteiger partial charge in [-0.15, -0.1) is 0 Å². The Morgan fingerprint density at radius 3 is 2.39 bits per heavy atom. The summed E-state index contributed by atoms with van der Waals surface area (Å²) < 4.78 is 31.6. The second kappa shape index (κ2) is 14.2. The summed E-state index contributed by atoms with van der Waals surface area (Å²) in [6.45, 7) is 2.33. The first-order valence-corrected chi connectivity index (χ1v) is 15.3. The first-order chi connectivity index (χ1) is 18.2. The molecular weight excluding hydrogens is 502 g/mol. The fourth-order valence-electron chi connectivity index (χ4n) is 4.91. The van der Waals surface area contributed by atoms with Crippen molar-refractivity contribution in [2.45, 2.75) is 70.4 Å². The van der Waals surface area contributed by atoms with Crippen molar-refractivity contribution in [2.75, 3.05) is 30.8 Å². The third-order valence-electron chi connectivity index (χ3n) is 7.10. The van der Waals surface area contributed by atoms with Crippen molar-refractivity contribution in [3.63, 3.8) is 0 Å². The number of ether oxygens (including phenoxy) is 1. The van der Waals surface area contributed by atoms with Crippen LogP contribution in [0.3, 0.4) is 0 Å². The highest BCUT2D eigenvalue weighted by atomic mass is 32.2. The Hall–Kier alpha value is -3.07. The molecule has 1 N–H and O–H groups in total. The maximum Gasteiger partial charge on any atom is 0.242 e. The summed E-state index contributed by atoms with van der Waals surface area (Å²) in [5.74, 6) is 0.260. The molecule has 0 aliphatic heterocycles. The first-order valence-electron chi connectivity index (χ1n) is 13.4. The lowest BCUT2D eigenvalue weighted by molar-refractivity contribution is -0.140. The first kappa shape index (κ1) is 29.5. The Labute approximate surface area is 227 Å². The third kappa shape index (κ3) is 8.75. The molecular formula is C29H41N3O5S. The smallest absolute Gasteiger partial charge is 0.242 e. The predicted molar refractivity (Wildman–Crippen MR) is 151 cm³/mol. The van der Waals surface area contributed by atoms with Gasteiger partial charge < -0.3 is 15.0 Å². The average Bonchev–Trinajstić information content (AvgIpc) is 2.91. The van der Waals surface area contributed by atoms with Gasteiger partial charge >= 0.3 is 0 Å². The molecule has 0 saturated heterocycles. The minimum atomic E-state index is -3.56. The second-order valence-electron chi connectivity index (χ2n) is 9.98. The van der Waals surface area contributed by atoms with E-state index in [2.05, 4.69) is 5.32 Å². The molecule has 0 bridgehead atoms. The summed E-state index contributed by atoms with van der Waals surface area (Å²) in [6.07, 6.45) is 7.60. The highest BCUT2D eigenvalue weighted by Gasteiger charge is 2.28. The number of methoxy groups -OCH3 is 1. The predicted octanol–water partition coefficient (Wildman–Crippen LogP) is 4.15. The van der Waals surface area contributed by atoms with E-state index in [4.69, 9.17) is 4.74 Å². The Morgan fingerprint density at radius 1 is 1.03 bits per heavy atom. The maximum atomic E-state index is 13.4. The van der Waals surface area contributed by atoms with E-state index in [-0.39, 0.29) is 30.8 Å². The fourth-order valence-corrected chi connectivity index (χ4v) is 5.87. The van der Waals surface area contributed by atoms with Gasteiger partial charge in [-0.2, -0.15) is 0 Å². The van der Waals surface area contributed by atoms with E-state index in [0.29, 0.717) is 30.8 Å². The molecule has 2 aromatic carbocycles. The second-order valence-corrected chi connectivity index (χ2v) is 11.9. The third-order valence-corrected chi connectivity index (χ3v) is 8.29. The molecule has 208 valence electrons. The zero-order chi connectivity index (χ0) is 27.5. The van der Waals surface area contributed by atoms with E-state index in [1.807, 2.05) is 30.3 Å². The Bertz CT molecular complexity index is 1150. The van der Waals surface area contributed by atoms with Gasteiger partial charge in [0, 0.05) is 31.6 Å². The van der Waals surface area contributed by atoms with Gasteiger partial charge in [-0.3, -0.25) is 13.9 Å². The summed E-state index contributed by atoms with van der Waals surface area (Å²) in [5.41, 5.74) is 1.58. The SMILES string of the molecule is COc1cccc(N(CCCC(=O)N(CCc2ccccc2)[C@H](C)C(=O)NC2CCCCC2)S(C)(=O)=O)c1. The largest absolute Gasteiger partial charge is 0.497 e. The van der Waals surface area contributed by atoms with Crippen LogP contribution in [0.15, 0.2) is 54.6 Å². The molecule has 3 rings (SSSR count). The number of hydrogen-bond donors (Lipinski definition) is 1. The normalized spacial score (nSPS) is 14.9. The minimum absolute atomic E-state index is 0.131. The van der Waals surface area contributed by atoms with Gasteiger partial charge in [-0.05, 0) is 50.3 Å². The zero-order valence-corrected chi connectivity index (χ0v) is 23.6. The highest BCUT2D eigenvalue weighted by Crippen LogP contribution is 2.24. The molecule has 9 heteroatoms. The van der Waals surface area contributed by atoms with Crippen LogP contribution in [0.25, 0.3) is 0 Å². The number of carbonyl (C=O) groups excluding carboxylic acids is 2. The summed E-state index contributed by atoms with van der Waals surface area (Å²) >= 11 is 0. The summed E-state index contributed by atoms with van der Waals surface area (Å²) in [4.78, 5) is 28.2. The lowest BCUT2D eigenvalue weighted by atomic mass is 9.95. The molecule has 0 heterocycles.